The molecule has 1 heterocycles. The van der Waals surface area contributed by atoms with Gasteiger partial charge < -0.3 is 45.2 Å². The lowest BCUT2D eigenvalue weighted by molar-refractivity contribution is -0.321. The Kier molecular flexibility index (Phi) is 8.19. The van der Waals surface area contributed by atoms with Crippen molar-refractivity contribution in [2.45, 2.75) is 89.2 Å². The number of ether oxygens (including phenoxy) is 2. The summed E-state index contributed by atoms with van der Waals surface area (Å²) in [5.74, 6) is 0. The molecule has 0 bridgehead atoms. The lowest BCUT2D eigenvalue weighted by atomic mass is 9.86. The van der Waals surface area contributed by atoms with Gasteiger partial charge in [0.1, 0.15) is 36.6 Å². The standard InChI is InChI=1S/C16H32O9/c1-7-10(20)12(22)13(23)15(24-7)25-14(9(19)6-17)11(21)8(18)5-16(2,3)4/h7-15,17-23H,5-6H2,1-4H3/t7-,8-,9+,10+,11+,12+,13-,14-,15-/m0/s1. The summed E-state index contributed by atoms with van der Waals surface area (Å²) < 4.78 is 10.6. The van der Waals surface area contributed by atoms with Crippen LogP contribution in [0.25, 0.3) is 0 Å². The van der Waals surface area contributed by atoms with E-state index in [2.05, 4.69) is 0 Å². The molecule has 9 atom stereocenters. The van der Waals surface area contributed by atoms with Gasteiger partial charge in [0, 0.05) is 0 Å². The van der Waals surface area contributed by atoms with Crippen molar-refractivity contribution in [1.29, 1.82) is 0 Å². The summed E-state index contributed by atoms with van der Waals surface area (Å²) in [6.45, 7) is 6.27. The molecule has 0 spiro atoms. The van der Waals surface area contributed by atoms with Crippen molar-refractivity contribution in [3.05, 3.63) is 0 Å². The van der Waals surface area contributed by atoms with Crippen LogP contribution >= 0.6 is 0 Å². The fourth-order valence-corrected chi connectivity index (χ4v) is 2.75. The van der Waals surface area contributed by atoms with E-state index in [4.69, 9.17) is 9.47 Å². The second-order valence-electron chi connectivity index (χ2n) is 7.85. The van der Waals surface area contributed by atoms with E-state index < -0.39 is 61.7 Å². The molecule has 0 aliphatic carbocycles. The van der Waals surface area contributed by atoms with Gasteiger partial charge >= 0.3 is 0 Å². The Balaban J connectivity index is 2.89. The molecule has 0 amide bonds. The molecule has 1 fully saturated rings. The Morgan fingerprint density at radius 1 is 0.960 bits per heavy atom. The number of aliphatic hydroxyl groups is 7. The third-order valence-corrected chi connectivity index (χ3v) is 4.22. The number of hydrogen-bond donors (Lipinski definition) is 7. The fourth-order valence-electron chi connectivity index (χ4n) is 2.75. The van der Waals surface area contributed by atoms with E-state index >= 15 is 0 Å². The highest BCUT2D eigenvalue weighted by molar-refractivity contribution is 4.90. The van der Waals surface area contributed by atoms with Crippen LogP contribution in [0.2, 0.25) is 0 Å². The van der Waals surface area contributed by atoms with Gasteiger partial charge in [-0.2, -0.15) is 0 Å². The molecule has 7 N–H and O–H groups in total. The molecule has 0 saturated carbocycles. The highest BCUT2D eigenvalue weighted by Gasteiger charge is 2.45. The van der Waals surface area contributed by atoms with Crippen molar-refractivity contribution < 1.29 is 45.2 Å². The summed E-state index contributed by atoms with van der Waals surface area (Å²) in [4.78, 5) is 0. The third kappa shape index (κ3) is 6.09. The Labute approximate surface area is 147 Å². The maximum absolute atomic E-state index is 10.3. The second-order valence-corrected chi connectivity index (χ2v) is 7.85. The molecule has 9 nitrogen and oxygen atoms in total. The third-order valence-electron chi connectivity index (χ3n) is 4.22. The van der Waals surface area contributed by atoms with Crippen LogP contribution in [0, 0.1) is 5.41 Å². The van der Waals surface area contributed by atoms with Crippen LogP contribution in [-0.2, 0) is 9.47 Å². The van der Waals surface area contributed by atoms with Crippen LogP contribution in [-0.4, -0.2) is 97.5 Å². The average molecular weight is 368 g/mol. The summed E-state index contributed by atoms with van der Waals surface area (Å²) in [5.41, 5.74) is -0.315. The molecule has 0 radical (unpaired) electrons. The Morgan fingerprint density at radius 3 is 2.00 bits per heavy atom. The van der Waals surface area contributed by atoms with Crippen LogP contribution in [0.15, 0.2) is 0 Å². The van der Waals surface area contributed by atoms with E-state index in [-0.39, 0.29) is 11.8 Å². The smallest absolute Gasteiger partial charge is 0.187 e. The number of rotatable bonds is 7. The Bertz CT molecular complexity index is 400. The lowest BCUT2D eigenvalue weighted by Gasteiger charge is -2.42. The first kappa shape index (κ1) is 22.7. The van der Waals surface area contributed by atoms with Gasteiger partial charge in [0.2, 0.25) is 0 Å². The maximum atomic E-state index is 10.3. The van der Waals surface area contributed by atoms with Crippen LogP contribution in [0.3, 0.4) is 0 Å². The van der Waals surface area contributed by atoms with Crippen LogP contribution in [0.4, 0.5) is 0 Å². The number of aliphatic hydroxyl groups excluding tert-OH is 7. The molecule has 0 aromatic carbocycles. The molecule has 1 aliphatic heterocycles. The average Bonchev–Trinajstić information content (AvgIpc) is 2.52. The zero-order valence-electron chi connectivity index (χ0n) is 15.1. The van der Waals surface area contributed by atoms with Crippen molar-refractivity contribution in [2.24, 2.45) is 5.41 Å². The van der Waals surface area contributed by atoms with Crippen LogP contribution in [0.1, 0.15) is 34.1 Å². The Morgan fingerprint density at radius 2 is 1.52 bits per heavy atom. The fraction of sp³-hybridized carbons (Fsp3) is 1.00. The molecule has 9 heteroatoms. The van der Waals surface area contributed by atoms with Gasteiger partial charge in [-0.25, -0.2) is 0 Å². The van der Waals surface area contributed by atoms with Gasteiger partial charge in [0.15, 0.2) is 6.29 Å². The van der Waals surface area contributed by atoms with Gasteiger partial charge in [-0.3, -0.25) is 0 Å². The molecule has 1 saturated heterocycles. The minimum absolute atomic E-state index is 0.192. The van der Waals surface area contributed by atoms with Crippen LogP contribution in [0.5, 0.6) is 0 Å². The largest absolute Gasteiger partial charge is 0.394 e. The summed E-state index contributed by atoms with van der Waals surface area (Å²) in [6, 6.07) is 0. The monoisotopic (exact) mass is 368 g/mol. The topological polar surface area (TPSA) is 160 Å². The van der Waals surface area contributed by atoms with Crippen molar-refractivity contribution in [2.75, 3.05) is 6.61 Å². The maximum Gasteiger partial charge on any atom is 0.187 e. The van der Waals surface area contributed by atoms with E-state index in [9.17, 15) is 35.7 Å². The van der Waals surface area contributed by atoms with E-state index in [1.165, 1.54) is 6.92 Å². The summed E-state index contributed by atoms with van der Waals surface area (Å²) >= 11 is 0. The first-order valence-electron chi connectivity index (χ1n) is 8.39. The minimum Gasteiger partial charge on any atom is -0.394 e. The highest BCUT2D eigenvalue weighted by atomic mass is 16.7. The van der Waals surface area contributed by atoms with E-state index in [1.54, 1.807) is 0 Å². The zero-order chi connectivity index (χ0) is 19.5. The van der Waals surface area contributed by atoms with E-state index in [0.717, 1.165) is 0 Å². The molecule has 0 unspecified atom stereocenters. The summed E-state index contributed by atoms with van der Waals surface area (Å²) in [6.07, 6.45) is -12.5. The first-order valence-corrected chi connectivity index (χ1v) is 8.39. The lowest BCUT2D eigenvalue weighted by Crippen LogP contribution is -2.60. The van der Waals surface area contributed by atoms with E-state index in [1.807, 2.05) is 20.8 Å². The van der Waals surface area contributed by atoms with Crippen molar-refractivity contribution >= 4 is 0 Å². The molecular weight excluding hydrogens is 336 g/mol. The van der Waals surface area contributed by atoms with Gasteiger partial charge in [0.05, 0.1) is 18.8 Å². The first-order chi connectivity index (χ1) is 11.4. The van der Waals surface area contributed by atoms with Gasteiger partial charge in [-0.05, 0) is 18.8 Å². The molecule has 0 aromatic heterocycles. The molecule has 1 rings (SSSR count). The highest BCUT2D eigenvalue weighted by Crippen LogP contribution is 2.27. The van der Waals surface area contributed by atoms with Crippen LogP contribution < -0.4 is 0 Å². The quantitative estimate of drug-likeness (QED) is 0.262. The normalized spacial score (nSPS) is 35.9. The number of hydrogen-bond acceptors (Lipinski definition) is 9. The zero-order valence-corrected chi connectivity index (χ0v) is 15.1. The van der Waals surface area contributed by atoms with Gasteiger partial charge in [-0.1, -0.05) is 20.8 Å². The summed E-state index contributed by atoms with van der Waals surface area (Å²) in [7, 11) is 0. The molecular formula is C16H32O9. The van der Waals surface area contributed by atoms with Gasteiger partial charge in [0.25, 0.3) is 0 Å². The second kappa shape index (κ2) is 9.03. The van der Waals surface area contributed by atoms with Crippen molar-refractivity contribution in [1.82, 2.24) is 0 Å². The Hall–Kier alpha value is -0.360. The predicted molar refractivity (Wildman–Crippen MR) is 86.4 cm³/mol. The van der Waals surface area contributed by atoms with E-state index in [0.29, 0.717) is 0 Å². The SMILES string of the molecule is C[C@@H]1O[C@@H](O[C@H]([C@H](O)[C@@H](O)CC(C)(C)C)[C@H](O)CO)[C@@H](O)[C@H](O)[C@@H]1O. The molecule has 150 valence electrons. The van der Waals surface area contributed by atoms with Gasteiger partial charge in [-0.15, -0.1) is 0 Å². The minimum atomic E-state index is -1.63. The van der Waals surface area contributed by atoms with Crippen molar-refractivity contribution in [3.63, 3.8) is 0 Å². The summed E-state index contributed by atoms with van der Waals surface area (Å²) in [5, 5.41) is 69.2. The predicted octanol–water partition coefficient (Wildman–Crippen LogP) is -2.29. The molecule has 0 aromatic rings. The molecule has 1 aliphatic rings. The molecule has 25 heavy (non-hydrogen) atoms. The van der Waals surface area contributed by atoms with Crippen molar-refractivity contribution in [3.8, 4) is 0 Å².